The molecule has 0 aliphatic heterocycles. The highest BCUT2D eigenvalue weighted by Crippen LogP contribution is 2.42. The van der Waals surface area contributed by atoms with Gasteiger partial charge in [-0.2, -0.15) is 0 Å². The van der Waals surface area contributed by atoms with Gasteiger partial charge in [0.2, 0.25) is 8.32 Å². The second-order valence-electron chi connectivity index (χ2n) is 11.0. The van der Waals surface area contributed by atoms with E-state index in [4.69, 9.17) is 4.43 Å². The fourth-order valence-corrected chi connectivity index (χ4v) is 5.26. The summed E-state index contributed by atoms with van der Waals surface area (Å²) in [4.78, 5) is 2.47. The Morgan fingerprint density at radius 1 is 0.969 bits per heavy atom. The minimum atomic E-state index is -1.99. The van der Waals surface area contributed by atoms with Crippen LogP contribution in [0.1, 0.15) is 84.4 Å². The summed E-state index contributed by atoms with van der Waals surface area (Å²) in [6, 6.07) is 16.0. The summed E-state index contributed by atoms with van der Waals surface area (Å²) >= 11 is 0. The monoisotopic (exact) mass is 455 g/mol. The molecule has 0 radical (unpaired) electrons. The SMILES string of the molecule is CCC(c1cccc(N(C(C)C)C(C)C)c1)c1cc(CO)ccc1O[Si](C)(C)C(C)(C)C. The summed E-state index contributed by atoms with van der Waals surface area (Å²) in [5, 5.41) is 9.96. The maximum atomic E-state index is 9.84. The first kappa shape index (κ1) is 26.5. The summed E-state index contributed by atoms with van der Waals surface area (Å²) in [7, 11) is -1.99. The van der Waals surface area contributed by atoms with Crippen LogP contribution in [0.25, 0.3) is 0 Å². The number of nitrogens with zero attached hydrogens (tertiary/aromatic N) is 1. The van der Waals surface area contributed by atoms with E-state index in [-0.39, 0.29) is 17.6 Å². The molecule has 1 N–H and O–H groups in total. The standard InChI is InChI=1S/C28H45NO2Si/c1-11-25(23-13-12-14-24(18-23)29(20(2)3)21(4)5)26-17-22(19-30)15-16-27(26)31-32(9,10)28(6,7)8/h12-18,20-21,25,30H,11,19H2,1-10H3. The van der Waals surface area contributed by atoms with E-state index in [1.165, 1.54) is 16.8 Å². The van der Waals surface area contributed by atoms with Gasteiger partial charge in [0.05, 0.1) is 6.61 Å². The average molecular weight is 456 g/mol. The molecule has 0 spiro atoms. The van der Waals surface area contributed by atoms with Gasteiger partial charge in [0, 0.05) is 29.3 Å². The van der Waals surface area contributed by atoms with Crippen molar-refractivity contribution in [3.8, 4) is 5.75 Å². The Kier molecular flexibility index (Phi) is 8.63. The summed E-state index contributed by atoms with van der Waals surface area (Å²) in [5.74, 6) is 1.18. The van der Waals surface area contributed by atoms with Crippen molar-refractivity contribution in [2.45, 2.75) is 105 Å². The van der Waals surface area contributed by atoms with E-state index in [0.717, 1.165) is 17.7 Å². The van der Waals surface area contributed by atoms with E-state index in [9.17, 15) is 5.11 Å². The molecule has 0 saturated heterocycles. The van der Waals surface area contributed by atoms with Crippen molar-refractivity contribution < 1.29 is 9.53 Å². The van der Waals surface area contributed by atoms with E-state index in [1.807, 2.05) is 6.07 Å². The fourth-order valence-electron chi connectivity index (χ4n) is 4.22. The zero-order valence-corrected chi connectivity index (χ0v) is 23.0. The van der Waals surface area contributed by atoms with Crippen molar-refractivity contribution in [1.82, 2.24) is 0 Å². The minimum absolute atomic E-state index is 0.0400. The molecule has 0 aliphatic rings. The molecule has 0 bridgehead atoms. The first-order valence-corrected chi connectivity index (χ1v) is 15.0. The van der Waals surface area contributed by atoms with Crippen LogP contribution in [-0.4, -0.2) is 25.5 Å². The Bertz CT molecular complexity index is 875. The molecule has 3 nitrogen and oxygen atoms in total. The number of aliphatic hydroxyl groups excluding tert-OH is 1. The quantitative estimate of drug-likeness (QED) is 0.393. The number of rotatable bonds is 9. The molecule has 0 aromatic heterocycles. The summed E-state index contributed by atoms with van der Waals surface area (Å²) in [6.07, 6.45) is 0.968. The van der Waals surface area contributed by atoms with Gasteiger partial charge in [-0.25, -0.2) is 0 Å². The lowest BCUT2D eigenvalue weighted by atomic mass is 9.87. The molecule has 2 aromatic carbocycles. The molecule has 4 heteroatoms. The maximum Gasteiger partial charge on any atom is 0.250 e. The van der Waals surface area contributed by atoms with E-state index >= 15 is 0 Å². The minimum Gasteiger partial charge on any atom is -0.543 e. The van der Waals surface area contributed by atoms with Gasteiger partial charge < -0.3 is 14.4 Å². The zero-order chi connectivity index (χ0) is 24.3. The lowest BCUT2D eigenvalue weighted by Crippen LogP contribution is -2.44. The molecule has 0 fully saturated rings. The van der Waals surface area contributed by atoms with E-state index in [1.54, 1.807) is 0 Å². The Morgan fingerprint density at radius 3 is 2.09 bits per heavy atom. The van der Waals surface area contributed by atoms with Gasteiger partial charge >= 0.3 is 0 Å². The molecular formula is C28H45NO2Si. The van der Waals surface area contributed by atoms with Crippen molar-refractivity contribution >= 4 is 14.0 Å². The number of hydrogen-bond acceptors (Lipinski definition) is 3. The van der Waals surface area contributed by atoms with Gasteiger partial charge in [-0.05, 0) is 87.6 Å². The van der Waals surface area contributed by atoms with Crippen LogP contribution < -0.4 is 9.33 Å². The largest absolute Gasteiger partial charge is 0.543 e. The van der Waals surface area contributed by atoms with E-state index in [2.05, 4.69) is 110 Å². The van der Waals surface area contributed by atoms with E-state index < -0.39 is 8.32 Å². The molecule has 0 amide bonds. The lowest BCUT2D eigenvalue weighted by molar-refractivity contribution is 0.281. The summed E-state index contributed by atoms with van der Waals surface area (Å²) in [5.41, 5.74) is 4.67. The molecule has 0 heterocycles. The third-order valence-corrected chi connectivity index (χ3v) is 11.2. The molecular weight excluding hydrogens is 410 g/mol. The Morgan fingerprint density at radius 2 is 1.59 bits per heavy atom. The predicted octanol–water partition coefficient (Wildman–Crippen LogP) is 7.73. The molecule has 2 rings (SSSR count). The van der Waals surface area contributed by atoms with Crippen molar-refractivity contribution in [2.75, 3.05) is 4.90 Å². The van der Waals surface area contributed by atoms with Crippen molar-refractivity contribution in [3.63, 3.8) is 0 Å². The fraction of sp³-hybridized carbons (Fsp3) is 0.571. The number of anilines is 1. The van der Waals surface area contributed by atoms with Crippen LogP contribution in [0.2, 0.25) is 18.1 Å². The highest BCUT2D eigenvalue weighted by atomic mass is 28.4. The Hall–Kier alpha value is -1.78. The third-order valence-electron chi connectivity index (χ3n) is 6.90. The lowest BCUT2D eigenvalue weighted by Gasteiger charge is -2.38. The molecule has 1 unspecified atom stereocenters. The van der Waals surface area contributed by atoms with Gasteiger partial charge in [-0.15, -0.1) is 0 Å². The van der Waals surface area contributed by atoms with Crippen LogP contribution >= 0.6 is 0 Å². The zero-order valence-electron chi connectivity index (χ0n) is 22.0. The third kappa shape index (κ3) is 5.96. The number of hydrogen-bond donors (Lipinski definition) is 1. The van der Waals surface area contributed by atoms with Crippen LogP contribution in [0.3, 0.4) is 0 Å². The van der Waals surface area contributed by atoms with Crippen LogP contribution in [0.5, 0.6) is 5.75 Å². The highest BCUT2D eigenvalue weighted by Gasteiger charge is 2.39. The summed E-state index contributed by atoms with van der Waals surface area (Å²) in [6.45, 7) is 22.7. The Labute approximate surface area is 197 Å². The molecule has 178 valence electrons. The molecule has 32 heavy (non-hydrogen) atoms. The Balaban J connectivity index is 2.58. The van der Waals surface area contributed by atoms with Crippen LogP contribution in [0.4, 0.5) is 5.69 Å². The predicted molar refractivity (Wildman–Crippen MR) is 142 cm³/mol. The highest BCUT2D eigenvalue weighted by molar-refractivity contribution is 6.74. The van der Waals surface area contributed by atoms with Crippen molar-refractivity contribution in [1.29, 1.82) is 0 Å². The van der Waals surface area contributed by atoms with Crippen LogP contribution in [0.15, 0.2) is 42.5 Å². The topological polar surface area (TPSA) is 32.7 Å². The van der Waals surface area contributed by atoms with Gasteiger partial charge in [0.25, 0.3) is 0 Å². The maximum absolute atomic E-state index is 9.84. The normalized spacial score (nSPS) is 13.5. The van der Waals surface area contributed by atoms with Gasteiger partial charge in [0.15, 0.2) is 0 Å². The first-order valence-electron chi connectivity index (χ1n) is 12.1. The number of benzene rings is 2. The molecule has 2 aromatic rings. The average Bonchev–Trinajstić information content (AvgIpc) is 2.68. The number of aliphatic hydroxyl groups is 1. The van der Waals surface area contributed by atoms with E-state index in [0.29, 0.717) is 12.1 Å². The first-order chi connectivity index (χ1) is 14.8. The van der Waals surface area contributed by atoms with Gasteiger partial charge in [0.1, 0.15) is 5.75 Å². The second-order valence-corrected chi connectivity index (χ2v) is 15.8. The van der Waals surface area contributed by atoms with Crippen molar-refractivity contribution in [2.24, 2.45) is 0 Å². The van der Waals surface area contributed by atoms with Crippen molar-refractivity contribution in [3.05, 3.63) is 59.2 Å². The van der Waals surface area contributed by atoms with Crippen LogP contribution in [0, 0.1) is 0 Å². The molecule has 1 atom stereocenters. The van der Waals surface area contributed by atoms with Gasteiger partial charge in [-0.3, -0.25) is 0 Å². The smallest absolute Gasteiger partial charge is 0.250 e. The van der Waals surface area contributed by atoms with Crippen LogP contribution in [-0.2, 0) is 6.61 Å². The van der Waals surface area contributed by atoms with Gasteiger partial charge in [-0.1, -0.05) is 45.9 Å². The summed E-state index contributed by atoms with van der Waals surface area (Å²) < 4.78 is 6.80. The molecule has 0 aliphatic carbocycles. The molecule has 0 saturated carbocycles. The second kappa shape index (κ2) is 10.4.